The van der Waals surface area contributed by atoms with Gasteiger partial charge in [0.25, 0.3) is 0 Å². The first-order valence-corrected chi connectivity index (χ1v) is 9.23. The van der Waals surface area contributed by atoms with Gasteiger partial charge in [-0.1, -0.05) is 60.7 Å². The Labute approximate surface area is 158 Å². The number of carbonyl (C=O) groups is 2. The highest BCUT2D eigenvalue weighted by Gasteiger charge is 2.39. The molecule has 2 aromatic carbocycles. The summed E-state index contributed by atoms with van der Waals surface area (Å²) in [5, 5.41) is 0. The molecule has 0 N–H and O–H groups in total. The molecule has 0 bridgehead atoms. The quantitative estimate of drug-likeness (QED) is 0.765. The van der Waals surface area contributed by atoms with Crippen molar-refractivity contribution >= 4 is 12.0 Å². The maximum absolute atomic E-state index is 13.1. The van der Waals surface area contributed by atoms with Gasteiger partial charge in [0.15, 0.2) is 0 Å². The normalized spacial score (nSPS) is 20.8. The Morgan fingerprint density at radius 2 is 1.33 bits per heavy atom. The minimum atomic E-state index is -0.283. The molecule has 0 aliphatic carbocycles. The van der Waals surface area contributed by atoms with Gasteiger partial charge < -0.3 is 14.5 Å². The molecule has 2 aromatic rings. The summed E-state index contributed by atoms with van der Waals surface area (Å²) < 4.78 is 5.15. The number of rotatable bonds is 5. The second kappa shape index (κ2) is 7.80. The molecule has 2 aliphatic heterocycles. The Bertz CT molecular complexity index is 743. The van der Waals surface area contributed by atoms with Gasteiger partial charge in [0.1, 0.15) is 6.04 Å². The van der Waals surface area contributed by atoms with Crippen LogP contribution in [-0.2, 0) is 22.6 Å². The third-order valence-corrected chi connectivity index (χ3v) is 5.03. The molecule has 0 aromatic heterocycles. The van der Waals surface area contributed by atoms with Crippen LogP contribution in [0.5, 0.6) is 0 Å². The van der Waals surface area contributed by atoms with E-state index in [1.165, 1.54) is 0 Å². The Balaban J connectivity index is 1.55. The molecule has 27 heavy (non-hydrogen) atoms. The van der Waals surface area contributed by atoms with E-state index in [4.69, 9.17) is 4.74 Å². The van der Waals surface area contributed by atoms with E-state index in [9.17, 15) is 9.59 Å². The number of cyclic esters (lactones) is 1. The van der Waals surface area contributed by atoms with Gasteiger partial charge in [0.2, 0.25) is 0 Å². The molecule has 2 aliphatic rings. The van der Waals surface area contributed by atoms with Crippen LogP contribution in [0.15, 0.2) is 60.7 Å². The molecular weight excluding hydrogens is 342 g/mol. The smallest absolute Gasteiger partial charge is 0.323 e. The van der Waals surface area contributed by atoms with E-state index >= 15 is 0 Å². The number of hydrogen-bond donors (Lipinski definition) is 0. The average molecular weight is 365 g/mol. The lowest BCUT2D eigenvalue weighted by molar-refractivity contribution is -0.144. The molecule has 140 valence electrons. The van der Waals surface area contributed by atoms with Crippen LogP contribution in [0.3, 0.4) is 0 Å². The van der Waals surface area contributed by atoms with Crippen LogP contribution in [0.1, 0.15) is 17.5 Å². The molecule has 6 nitrogen and oxygen atoms in total. The van der Waals surface area contributed by atoms with Crippen molar-refractivity contribution in [2.75, 3.05) is 19.9 Å². The van der Waals surface area contributed by atoms with Crippen LogP contribution in [-0.4, -0.2) is 52.7 Å². The van der Waals surface area contributed by atoms with Crippen LogP contribution in [0.2, 0.25) is 0 Å². The van der Waals surface area contributed by atoms with E-state index in [1.807, 2.05) is 65.6 Å². The zero-order valence-electron chi connectivity index (χ0n) is 15.2. The fourth-order valence-corrected chi connectivity index (χ4v) is 3.66. The number of carbonyl (C=O) groups excluding carboxylic acids is 2. The molecule has 2 heterocycles. The Kier molecular flexibility index (Phi) is 5.07. The maximum atomic E-state index is 13.1. The van der Waals surface area contributed by atoms with Crippen LogP contribution >= 0.6 is 0 Å². The first-order valence-electron chi connectivity index (χ1n) is 9.23. The highest BCUT2D eigenvalue weighted by Crippen LogP contribution is 2.22. The van der Waals surface area contributed by atoms with Crippen molar-refractivity contribution in [3.05, 3.63) is 71.8 Å². The van der Waals surface area contributed by atoms with Gasteiger partial charge in [-0.3, -0.25) is 9.69 Å². The van der Waals surface area contributed by atoms with Crippen molar-refractivity contribution in [3.8, 4) is 0 Å². The number of hydrogen-bond acceptors (Lipinski definition) is 4. The maximum Gasteiger partial charge on any atom is 0.323 e. The second-order valence-corrected chi connectivity index (χ2v) is 6.99. The first kappa shape index (κ1) is 17.5. The summed E-state index contributed by atoms with van der Waals surface area (Å²) in [4.78, 5) is 30.8. The predicted octanol–water partition coefficient (Wildman–Crippen LogP) is 2.66. The summed E-state index contributed by atoms with van der Waals surface area (Å²) in [7, 11) is 0. The van der Waals surface area contributed by atoms with E-state index < -0.39 is 0 Å². The molecule has 0 radical (unpaired) electrons. The summed E-state index contributed by atoms with van der Waals surface area (Å²) in [5.74, 6) is -0.191. The topological polar surface area (TPSA) is 53.1 Å². The summed E-state index contributed by atoms with van der Waals surface area (Å²) >= 11 is 0. The van der Waals surface area contributed by atoms with E-state index in [2.05, 4.69) is 0 Å². The lowest BCUT2D eigenvalue weighted by Gasteiger charge is -2.43. The van der Waals surface area contributed by atoms with Gasteiger partial charge >= 0.3 is 12.0 Å². The Morgan fingerprint density at radius 1 is 0.815 bits per heavy atom. The van der Waals surface area contributed by atoms with Gasteiger partial charge in [-0.05, 0) is 11.1 Å². The van der Waals surface area contributed by atoms with E-state index in [0.29, 0.717) is 39.5 Å². The monoisotopic (exact) mass is 365 g/mol. The SMILES string of the molecule is O=C1OCCC1N1CN(Cc2ccccc2)C(=O)N(Cc2ccccc2)C1. The molecule has 0 spiro atoms. The molecule has 1 atom stereocenters. The fraction of sp³-hybridized carbons (Fsp3) is 0.333. The molecule has 1 unspecified atom stereocenters. The number of ether oxygens (including phenoxy) is 1. The largest absolute Gasteiger partial charge is 0.464 e. The third kappa shape index (κ3) is 3.95. The summed E-state index contributed by atoms with van der Waals surface area (Å²) in [6.45, 7) is 2.34. The van der Waals surface area contributed by atoms with Gasteiger partial charge in [0.05, 0.1) is 19.9 Å². The molecule has 2 fully saturated rings. The van der Waals surface area contributed by atoms with Crippen LogP contribution in [0, 0.1) is 0 Å². The van der Waals surface area contributed by atoms with Gasteiger partial charge in [0, 0.05) is 19.5 Å². The standard InChI is InChI=1S/C21H23N3O3/c25-20-19(11-12-27-20)24-15-22(13-17-7-3-1-4-8-17)21(26)23(16-24)14-18-9-5-2-6-10-18/h1-10,19H,11-16H2. The lowest BCUT2D eigenvalue weighted by atomic mass is 10.2. The number of amides is 2. The van der Waals surface area contributed by atoms with E-state index in [1.54, 1.807) is 9.80 Å². The van der Waals surface area contributed by atoms with E-state index in [-0.39, 0.29) is 18.0 Å². The fourth-order valence-electron chi connectivity index (χ4n) is 3.66. The summed E-state index contributed by atoms with van der Waals surface area (Å²) in [5.41, 5.74) is 2.14. The number of esters is 1. The number of urea groups is 1. The summed E-state index contributed by atoms with van der Waals surface area (Å²) in [6.07, 6.45) is 0.672. The summed E-state index contributed by atoms with van der Waals surface area (Å²) in [6, 6.07) is 19.6. The average Bonchev–Trinajstić information content (AvgIpc) is 3.12. The zero-order valence-corrected chi connectivity index (χ0v) is 15.2. The highest BCUT2D eigenvalue weighted by atomic mass is 16.5. The molecule has 2 amide bonds. The Morgan fingerprint density at radius 3 is 1.78 bits per heavy atom. The van der Waals surface area contributed by atoms with Crippen LogP contribution < -0.4 is 0 Å². The van der Waals surface area contributed by atoms with Gasteiger partial charge in [-0.25, -0.2) is 4.79 Å². The van der Waals surface area contributed by atoms with E-state index in [0.717, 1.165) is 11.1 Å². The van der Waals surface area contributed by atoms with Crippen LogP contribution in [0.4, 0.5) is 4.79 Å². The van der Waals surface area contributed by atoms with Crippen molar-refractivity contribution in [1.29, 1.82) is 0 Å². The molecule has 0 saturated carbocycles. The second-order valence-electron chi connectivity index (χ2n) is 6.99. The van der Waals surface area contributed by atoms with Crippen molar-refractivity contribution in [2.24, 2.45) is 0 Å². The van der Waals surface area contributed by atoms with Gasteiger partial charge in [-0.15, -0.1) is 0 Å². The van der Waals surface area contributed by atoms with Crippen molar-refractivity contribution < 1.29 is 14.3 Å². The first-order chi connectivity index (χ1) is 13.2. The Hall–Kier alpha value is -2.86. The number of nitrogens with zero attached hydrogens (tertiary/aromatic N) is 3. The molecule has 6 heteroatoms. The predicted molar refractivity (Wildman–Crippen MR) is 100 cm³/mol. The molecule has 4 rings (SSSR count). The minimum absolute atomic E-state index is 0.00896. The molecule has 2 saturated heterocycles. The minimum Gasteiger partial charge on any atom is -0.464 e. The number of benzene rings is 2. The van der Waals surface area contributed by atoms with Gasteiger partial charge in [-0.2, -0.15) is 0 Å². The van der Waals surface area contributed by atoms with Crippen LogP contribution in [0.25, 0.3) is 0 Å². The highest BCUT2D eigenvalue weighted by molar-refractivity contribution is 5.79. The van der Waals surface area contributed by atoms with Crippen molar-refractivity contribution in [1.82, 2.24) is 14.7 Å². The van der Waals surface area contributed by atoms with Crippen molar-refractivity contribution in [3.63, 3.8) is 0 Å². The third-order valence-electron chi connectivity index (χ3n) is 5.03. The lowest BCUT2D eigenvalue weighted by Crippen LogP contribution is -2.60. The molecular formula is C21H23N3O3. The zero-order chi connectivity index (χ0) is 18.6. The van der Waals surface area contributed by atoms with Crippen molar-refractivity contribution in [2.45, 2.75) is 25.6 Å².